The van der Waals surface area contributed by atoms with Crippen molar-refractivity contribution in [2.24, 2.45) is 0 Å². The van der Waals surface area contributed by atoms with E-state index in [4.69, 9.17) is 8.37 Å². The Kier molecular flexibility index (Phi) is 11.0. The molecule has 0 bridgehead atoms. The second-order valence-corrected chi connectivity index (χ2v) is 14.1. The molecule has 0 saturated carbocycles. The van der Waals surface area contributed by atoms with Crippen molar-refractivity contribution in [2.75, 3.05) is 0 Å². The molecular formula is C35H30F6O6S2. The molecule has 0 unspecified atom stereocenters. The quantitative estimate of drug-likeness (QED) is 0.0827. The molecule has 14 heteroatoms. The molecule has 0 radical (unpaired) electrons. The van der Waals surface area contributed by atoms with Gasteiger partial charge in [-0.05, 0) is 85.4 Å². The van der Waals surface area contributed by atoms with Crippen molar-refractivity contribution >= 4 is 20.2 Å². The van der Waals surface area contributed by atoms with Crippen molar-refractivity contribution in [3.05, 3.63) is 155 Å². The van der Waals surface area contributed by atoms with Crippen LogP contribution in [0.1, 0.15) is 33.4 Å². The predicted octanol–water partition coefficient (Wildman–Crippen LogP) is 8.64. The maximum absolute atomic E-state index is 15.2. The summed E-state index contributed by atoms with van der Waals surface area (Å²) in [5.74, 6) is 0. The van der Waals surface area contributed by atoms with Gasteiger partial charge in [0.1, 0.15) is 22.3 Å². The van der Waals surface area contributed by atoms with Gasteiger partial charge in [0.25, 0.3) is 0 Å². The molecule has 0 aromatic heterocycles. The van der Waals surface area contributed by atoms with E-state index in [0.717, 1.165) is 59.7 Å². The van der Waals surface area contributed by atoms with Gasteiger partial charge < -0.3 is 8.37 Å². The number of rotatable bonds is 12. The normalized spacial score (nSPS) is 13.2. The smallest absolute Gasteiger partial charge is 0.387 e. The minimum absolute atomic E-state index is 0.194. The number of allylic oxidation sites excluding steroid dienone is 2. The third-order valence-electron chi connectivity index (χ3n) is 7.54. The van der Waals surface area contributed by atoms with Crippen LogP contribution in [-0.2, 0) is 46.9 Å². The molecule has 49 heavy (non-hydrogen) atoms. The van der Waals surface area contributed by atoms with E-state index in [-0.39, 0.29) is 9.79 Å². The van der Waals surface area contributed by atoms with E-state index in [0.29, 0.717) is 12.5 Å². The summed E-state index contributed by atoms with van der Waals surface area (Å²) < 4.78 is 151. The van der Waals surface area contributed by atoms with E-state index in [1.54, 1.807) is 13.8 Å². The highest BCUT2D eigenvalue weighted by atomic mass is 32.2. The molecule has 0 saturated heterocycles. The Hall–Kier alpha value is -4.56. The molecule has 0 aliphatic heterocycles. The van der Waals surface area contributed by atoms with E-state index in [1.165, 1.54) is 60.7 Å². The molecular weight excluding hydrogens is 695 g/mol. The van der Waals surface area contributed by atoms with Gasteiger partial charge in [-0.3, -0.25) is 0 Å². The van der Waals surface area contributed by atoms with Gasteiger partial charge in [0.2, 0.25) is 5.41 Å². The first-order chi connectivity index (χ1) is 22.9. The van der Waals surface area contributed by atoms with E-state index in [2.05, 4.69) is 0 Å². The molecule has 4 aromatic rings. The average molecular weight is 725 g/mol. The van der Waals surface area contributed by atoms with Gasteiger partial charge in [0.05, 0.1) is 0 Å². The molecule has 0 aliphatic carbocycles. The van der Waals surface area contributed by atoms with Crippen LogP contribution >= 0.6 is 0 Å². The molecule has 0 spiro atoms. The second kappa shape index (κ2) is 14.5. The Morgan fingerprint density at radius 2 is 0.857 bits per heavy atom. The lowest BCUT2D eigenvalue weighted by Gasteiger charge is -2.40. The van der Waals surface area contributed by atoms with Crippen LogP contribution in [0.3, 0.4) is 0 Å². The number of hydrogen-bond acceptors (Lipinski definition) is 6. The van der Waals surface area contributed by atoms with Crippen LogP contribution in [0.5, 0.6) is 0 Å². The Balaban J connectivity index is 1.71. The van der Waals surface area contributed by atoms with Crippen molar-refractivity contribution in [1.29, 1.82) is 0 Å². The number of benzene rings is 4. The summed E-state index contributed by atoms with van der Waals surface area (Å²) in [6.45, 7) is 3.47. The molecule has 4 aromatic carbocycles. The van der Waals surface area contributed by atoms with E-state index in [9.17, 15) is 16.8 Å². The fourth-order valence-electron chi connectivity index (χ4n) is 5.14. The van der Waals surface area contributed by atoms with Crippen LogP contribution in [0.2, 0.25) is 0 Å². The largest absolute Gasteiger partial charge is 0.411 e. The van der Waals surface area contributed by atoms with E-state index in [1.807, 2.05) is 0 Å². The van der Waals surface area contributed by atoms with Gasteiger partial charge in [-0.25, -0.2) is 0 Å². The van der Waals surface area contributed by atoms with Crippen molar-refractivity contribution in [2.45, 2.75) is 54.2 Å². The lowest BCUT2D eigenvalue weighted by atomic mass is 9.69. The first-order valence-electron chi connectivity index (χ1n) is 14.5. The van der Waals surface area contributed by atoms with Gasteiger partial charge in [-0.2, -0.15) is 43.2 Å². The molecule has 0 aliphatic rings. The Labute approximate surface area is 280 Å². The van der Waals surface area contributed by atoms with Gasteiger partial charge in [-0.15, -0.1) is 0 Å². The third kappa shape index (κ3) is 8.19. The maximum Gasteiger partial charge on any atom is 0.411 e. The molecule has 0 amide bonds. The van der Waals surface area contributed by atoms with E-state index < -0.39 is 73.1 Å². The van der Waals surface area contributed by atoms with Crippen molar-refractivity contribution in [3.8, 4) is 0 Å². The molecule has 0 atom stereocenters. The van der Waals surface area contributed by atoms with Crippen LogP contribution in [0.25, 0.3) is 0 Å². The minimum Gasteiger partial charge on any atom is -0.387 e. The zero-order chi connectivity index (χ0) is 36.1. The van der Waals surface area contributed by atoms with Gasteiger partial charge in [-0.1, -0.05) is 83.9 Å². The molecule has 0 N–H and O–H groups in total. The highest BCUT2D eigenvalue weighted by molar-refractivity contribution is 7.87. The Bertz CT molecular complexity index is 1880. The van der Waals surface area contributed by atoms with Gasteiger partial charge >= 0.3 is 32.6 Å². The first-order valence-corrected chi connectivity index (χ1v) is 17.3. The molecule has 0 heterocycles. The van der Waals surface area contributed by atoms with Crippen LogP contribution in [0.4, 0.5) is 26.3 Å². The highest BCUT2D eigenvalue weighted by Crippen LogP contribution is 2.57. The van der Waals surface area contributed by atoms with Crippen molar-refractivity contribution in [1.82, 2.24) is 0 Å². The summed E-state index contributed by atoms with van der Waals surface area (Å²) in [5.41, 5.74) is -6.04. The zero-order valence-electron chi connectivity index (χ0n) is 26.0. The van der Waals surface area contributed by atoms with Crippen molar-refractivity contribution in [3.63, 3.8) is 0 Å². The Morgan fingerprint density at radius 1 is 0.531 bits per heavy atom. The number of alkyl halides is 6. The average Bonchev–Trinajstić information content (AvgIpc) is 3.02. The number of halogens is 6. The highest BCUT2D eigenvalue weighted by Gasteiger charge is 2.73. The van der Waals surface area contributed by atoms with Gasteiger partial charge in [0.15, 0.2) is 0 Å². The predicted molar refractivity (Wildman–Crippen MR) is 170 cm³/mol. The van der Waals surface area contributed by atoms with E-state index >= 15 is 26.3 Å². The standard InChI is InChI=1S/C35H30F6O6S2/c1-25-15-19-29(20-16-25)48(42,43)46-23-7-11-27-9-3-5-13-31(27)33(34(36,37)38,35(39,40)41)32-14-6-4-10-28(32)12-8-24-47-49(44,45)30-21-17-26(2)18-22-30/h3-10,13-24H,11-12H2,1-2H3/b23-7+,24-8+. The molecule has 260 valence electrons. The minimum atomic E-state index is -5.93. The second-order valence-electron chi connectivity index (χ2n) is 10.9. The summed E-state index contributed by atoms with van der Waals surface area (Å²) in [6.07, 6.45) is -9.58. The Morgan fingerprint density at radius 3 is 1.18 bits per heavy atom. The summed E-state index contributed by atoms with van der Waals surface area (Å²) in [5, 5.41) is 0. The number of hydrogen-bond donors (Lipinski definition) is 0. The fraction of sp³-hybridized carbons (Fsp3) is 0.200. The maximum atomic E-state index is 15.2. The summed E-state index contributed by atoms with van der Waals surface area (Å²) >= 11 is 0. The van der Waals surface area contributed by atoms with Crippen LogP contribution in [-0.4, -0.2) is 29.2 Å². The zero-order valence-corrected chi connectivity index (χ0v) is 27.6. The van der Waals surface area contributed by atoms with Crippen LogP contribution in [0, 0.1) is 13.8 Å². The molecule has 0 fully saturated rings. The van der Waals surface area contributed by atoms with Crippen molar-refractivity contribution < 1.29 is 51.5 Å². The van der Waals surface area contributed by atoms with Crippen LogP contribution in [0.15, 0.2) is 132 Å². The SMILES string of the molecule is Cc1ccc(S(=O)(=O)O/C=C/Cc2ccccc2C(c2ccccc2C/C=C/OS(=O)(=O)c2ccc(C)cc2)(C(F)(F)F)C(F)(F)F)cc1. The lowest BCUT2D eigenvalue weighted by molar-refractivity contribution is -0.289. The van der Waals surface area contributed by atoms with Gasteiger partial charge in [0, 0.05) is 0 Å². The summed E-state index contributed by atoms with van der Waals surface area (Å²) in [6, 6.07) is 19.4. The lowest BCUT2D eigenvalue weighted by Crippen LogP contribution is -2.55. The molecule has 6 nitrogen and oxygen atoms in total. The molecule has 4 rings (SSSR count). The monoisotopic (exact) mass is 724 g/mol. The third-order valence-corrected chi connectivity index (χ3v) is 9.97. The fourth-order valence-corrected chi connectivity index (χ4v) is 6.75. The van der Waals surface area contributed by atoms with Crippen LogP contribution < -0.4 is 0 Å². The number of aryl methyl sites for hydroxylation is 2. The summed E-state index contributed by atoms with van der Waals surface area (Å²) in [7, 11) is -8.61. The topological polar surface area (TPSA) is 86.7 Å². The first kappa shape index (κ1) is 37.3. The summed E-state index contributed by atoms with van der Waals surface area (Å²) in [4.78, 5) is -0.389.